The molecule has 3 nitrogen and oxygen atoms in total. The van der Waals surface area contributed by atoms with E-state index in [9.17, 15) is 4.79 Å². The first-order chi connectivity index (χ1) is 7.19. The van der Waals surface area contributed by atoms with Crippen molar-refractivity contribution in [2.75, 3.05) is 19.6 Å². The average molecular weight is 212 g/mol. The highest BCUT2D eigenvalue weighted by Gasteiger charge is 2.27. The van der Waals surface area contributed by atoms with Gasteiger partial charge in [-0.3, -0.25) is 4.79 Å². The lowest BCUT2D eigenvalue weighted by Gasteiger charge is -2.31. The fourth-order valence-electron chi connectivity index (χ4n) is 2.31. The molecule has 0 aromatic carbocycles. The minimum atomic E-state index is 0.257. The van der Waals surface area contributed by atoms with E-state index in [0.29, 0.717) is 11.9 Å². The van der Waals surface area contributed by atoms with Gasteiger partial charge in [0.15, 0.2) is 0 Å². The highest BCUT2D eigenvalue weighted by molar-refractivity contribution is 5.79. The van der Waals surface area contributed by atoms with E-state index in [1.54, 1.807) is 0 Å². The fourth-order valence-corrected chi connectivity index (χ4v) is 2.31. The number of rotatable bonds is 4. The summed E-state index contributed by atoms with van der Waals surface area (Å²) in [7, 11) is 0. The zero-order valence-electron chi connectivity index (χ0n) is 10.3. The van der Waals surface area contributed by atoms with Crippen LogP contribution in [0.5, 0.6) is 0 Å². The van der Waals surface area contributed by atoms with E-state index in [2.05, 4.69) is 26.1 Å². The van der Waals surface area contributed by atoms with Gasteiger partial charge in [0.05, 0.1) is 0 Å². The number of nitrogens with one attached hydrogen (secondary N) is 1. The Kier molecular flexibility index (Phi) is 5.09. The minimum absolute atomic E-state index is 0.257. The summed E-state index contributed by atoms with van der Waals surface area (Å²) in [5, 5.41) is 3.39. The molecular formula is C12H24N2O. The molecule has 0 radical (unpaired) electrons. The largest absolute Gasteiger partial charge is 0.343 e. The molecule has 1 rings (SSSR count). The van der Waals surface area contributed by atoms with Crippen LogP contribution in [-0.2, 0) is 4.79 Å². The molecule has 0 aromatic rings. The van der Waals surface area contributed by atoms with Gasteiger partial charge in [0, 0.05) is 25.0 Å². The summed E-state index contributed by atoms with van der Waals surface area (Å²) in [5.74, 6) is 0.625. The van der Waals surface area contributed by atoms with Gasteiger partial charge in [-0.2, -0.15) is 0 Å². The maximum atomic E-state index is 12.2. The van der Waals surface area contributed by atoms with Crippen LogP contribution in [-0.4, -0.2) is 36.5 Å². The van der Waals surface area contributed by atoms with Gasteiger partial charge >= 0.3 is 0 Å². The second kappa shape index (κ2) is 6.11. The number of carbonyl (C=O) groups excluding carboxylic acids is 1. The molecule has 1 aliphatic rings. The van der Waals surface area contributed by atoms with Crippen molar-refractivity contribution in [3.63, 3.8) is 0 Å². The standard InChI is InChI=1S/C12H24N2O/c1-4-8-14(5-2)12(15)11-6-7-13-10(3)9-11/h10-11,13H,4-9H2,1-3H3. The summed E-state index contributed by atoms with van der Waals surface area (Å²) in [4.78, 5) is 14.2. The Morgan fingerprint density at radius 1 is 1.47 bits per heavy atom. The van der Waals surface area contributed by atoms with Crippen molar-refractivity contribution in [2.45, 2.75) is 46.1 Å². The molecule has 1 aliphatic heterocycles. The molecule has 1 amide bonds. The highest BCUT2D eigenvalue weighted by atomic mass is 16.2. The summed E-state index contributed by atoms with van der Waals surface area (Å²) in [6.07, 6.45) is 3.06. The van der Waals surface area contributed by atoms with Gasteiger partial charge in [0.1, 0.15) is 0 Å². The van der Waals surface area contributed by atoms with Gasteiger partial charge < -0.3 is 10.2 Å². The first-order valence-corrected chi connectivity index (χ1v) is 6.21. The Balaban J connectivity index is 2.49. The molecule has 1 saturated heterocycles. The van der Waals surface area contributed by atoms with Gasteiger partial charge in [-0.05, 0) is 39.7 Å². The van der Waals surface area contributed by atoms with Crippen molar-refractivity contribution in [2.24, 2.45) is 5.92 Å². The van der Waals surface area contributed by atoms with Crippen molar-refractivity contribution in [3.05, 3.63) is 0 Å². The number of amides is 1. The maximum Gasteiger partial charge on any atom is 0.225 e. The van der Waals surface area contributed by atoms with E-state index in [4.69, 9.17) is 0 Å². The summed E-state index contributed by atoms with van der Waals surface area (Å²) in [6, 6.07) is 0.494. The summed E-state index contributed by atoms with van der Waals surface area (Å²) in [6.45, 7) is 9.11. The fraction of sp³-hybridized carbons (Fsp3) is 0.917. The van der Waals surface area contributed by atoms with E-state index in [1.807, 2.05) is 4.90 Å². The minimum Gasteiger partial charge on any atom is -0.343 e. The first-order valence-electron chi connectivity index (χ1n) is 6.21. The maximum absolute atomic E-state index is 12.2. The van der Waals surface area contributed by atoms with Crippen LogP contribution in [0.3, 0.4) is 0 Å². The lowest BCUT2D eigenvalue weighted by molar-refractivity contribution is -0.136. The number of piperidine rings is 1. The normalized spacial score (nSPS) is 26.3. The van der Waals surface area contributed by atoms with E-state index in [0.717, 1.165) is 38.9 Å². The molecule has 0 spiro atoms. The molecule has 15 heavy (non-hydrogen) atoms. The lowest BCUT2D eigenvalue weighted by Crippen LogP contribution is -2.44. The number of nitrogens with zero attached hydrogens (tertiary/aromatic N) is 1. The van der Waals surface area contributed by atoms with E-state index >= 15 is 0 Å². The molecule has 1 fully saturated rings. The quantitative estimate of drug-likeness (QED) is 0.768. The van der Waals surface area contributed by atoms with Crippen LogP contribution in [0.15, 0.2) is 0 Å². The Morgan fingerprint density at radius 3 is 2.73 bits per heavy atom. The van der Waals surface area contributed by atoms with Crippen LogP contribution >= 0.6 is 0 Å². The topological polar surface area (TPSA) is 32.3 Å². The molecular weight excluding hydrogens is 188 g/mol. The zero-order valence-corrected chi connectivity index (χ0v) is 10.3. The third-order valence-electron chi connectivity index (χ3n) is 3.16. The summed E-state index contributed by atoms with van der Waals surface area (Å²) >= 11 is 0. The first kappa shape index (κ1) is 12.5. The van der Waals surface area contributed by atoms with Crippen LogP contribution in [0.1, 0.15) is 40.0 Å². The second-order valence-electron chi connectivity index (χ2n) is 4.49. The average Bonchev–Trinajstić information content (AvgIpc) is 2.25. The molecule has 88 valence electrons. The van der Waals surface area contributed by atoms with E-state index < -0.39 is 0 Å². The summed E-state index contributed by atoms with van der Waals surface area (Å²) < 4.78 is 0. The molecule has 2 unspecified atom stereocenters. The number of hydrogen-bond donors (Lipinski definition) is 1. The van der Waals surface area contributed by atoms with Crippen molar-refractivity contribution >= 4 is 5.91 Å². The van der Waals surface area contributed by atoms with Crippen molar-refractivity contribution < 1.29 is 4.79 Å². The van der Waals surface area contributed by atoms with Crippen LogP contribution in [0.2, 0.25) is 0 Å². The van der Waals surface area contributed by atoms with Crippen LogP contribution in [0, 0.1) is 5.92 Å². The predicted molar refractivity (Wildman–Crippen MR) is 62.7 cm³/mol. The number of carbonyl (C=O) groups is 1. The van der Waals surface area contributed by atoms with E-state index in [1.165, 1.54) is 0 Å². The van der Waals surface area contributed by atoms with Crippen molar-refractivity contribution in [1.82, 2.24) is 10.2 Å². The molecule has 3 heteroatoms. The van der Waals surface area contributed by atoms with Crippen LogP contribution in [0.25, 0.3) is 0 Å². The Bertz CT molecular complexity index is 206. The van der Waals surface area contributed by atoms with Crippen LogP contribution in [0.4, 0.5) is 0 Å². The molecule has 2 atom stereocenters. The summed E-state index contributed by atoms with van der Waals surface area (Å²) in [5.41, 5.74) is 0. The van der Waals surface area contributed by atoms with Gasteiger partial charge in [0.2, 0.25) is 5.91 Å². The van der Waals surface area contributed by atoms with Crippen LogP contribution < -0.4 is 5.32 Å². The third kappa shape index (κ3) is 3.49. The lowest BCUT2D eigenvalue weighted by atomic mass is 9.92. The van der Waals surface area contributed by atoms with Gasteiger partial charge in [-0.15, -0.1) is 0 Å². The Hall–Kier alpha value is -0.570. The number of hydrogen-bond acceptors (Lipinski definition) is 2. The predicted octanol–water partition coefficient (Wildman–Crippen LogP) is 1.63. The Morgan fingerprint density at radius 2 is 2.20 bits per heavy atom. The molecule has 0 saturated carbocycles. The van der Waals surface area contributed by atoms with Gasteiger partial charge in [-0.1, -0.05) is 6.92 Å². The molecule has 0 bridgehead atoms. The molecule has 0 aliphatic carbocycles. The third-order valence-corrected chi connectivity index (χ3v) is 3.16. The van der Waals surface area contributed by atoms with Crippen molar-refractivity contribution in [3.8, 4) is 0 Å². The highest BCUT2D eigenvalue weighted by Crippen LogP contribution is 2.18. The SMILES string of the molecule is CCCN(CC)C(=O)C1CCNC(C)C1. The molecule has 0 aromatic heterocycles. The molecule has 1 heterocycles. The van der Waals surface area contributed by atoms with E-state index in [-0.39, 0.29) is 5.92 Å². The van der Waals surface area contributed by atoms with Gasteiger partial charge in [-0.25, -0.2) is 0 Å². The molecule has 1 N–H and O–H groups in total. The van der Waals surface area contributed by atoms with Crippen molar-refractivity contribution in [1.29, 1.82) is 0 Å². The monoisotopic (exact) mass is 212 g/mol. The van der Waals surface area contributed by atoms with Gasteiger partial charge in [0.25, 0.3) is 0 Å². The second-order valence-corrected chi connectivity index (χ2v) is 4.49. The zero-order chi connectivity index (χ0) is 11.3. The Labute approximate surface area is 93.2 Å². The smallest absolute Gasteiger partial charge is 0.225 e.